The van der Waals surface area contributed by atoms with Crippen molar-refractivity contribution in [2.24, 2.45) is 0 Å². The molecule has 4 N–H and O–H groups in total. The standard InChI is InChI=1S/C34H28F2N4S/c35-21-11-7-19(8-12-21)31-29-23-3-1-5-27(33(23)39-25(29)15-17-37-31)41-28-6-2-4-24-30-26(40-34(24)28)16-18-38-32(30)20-9-13-22(36)14-10-20/h1-14,31-32,37-40H,15-18H2. The number of aromatic nitrogens is 2. The zero-order chi connectivity index (χ0) is 27.5. The zero-order valence-electron chi connectivity index (χ0n) is 22.2. The first kappa shape index (κ1) is 24.9. The van der Waals surface area contributed by atoms with Crippen LogP contribution < -0.4 is 10.6 Å². The van der Waals surface area contributed by atoms with E-state index in [1.165, 1.54) is 67.3 Å². The summed E-state index contributed by atoms with van der Waals surface area (Å²) in [5.74, 6) is -0.440. The van der Waals surface area contributed by atoms with Crippen molar-refractivity contribution in [1.82, 2.24) is 20.6 Å². The van der Waals surface area contributed by atoms with Crippen molar-refractivity contribution >= 4 is 33.6 Å². The minimum Gasteiger partial charge on any atom is -0.357 e. The summed E-state index contributed by atoms with van der Waals surface area (Å²) in [6.45, 7) is 1.72. The first-order chi connectivity index (χ1) is 20.1. The van der Waals surface area contributed by atoms with Crippen molar-refractivity contribution in [2.75, 3.05) is 13.1 Å². The van der Waals surface area contributed by atoms with Crippen LogP contribution in [0.15, 0.2) is 94.7 Å². The van der Waals surface area contributed by atoms with Gasteiger partial charge in [0.15, 0.2) is 0 Å². The fraction of sp³-hybridized carbons (Fsp3) is 0.176. The number of para-hydroxylation sites is 2. The molecule has 4 heterocycles. The molecule has 0 saturated heterocycles. The van der Waals surface area contributed by atoms with Gasteiger partial charge in [-0.25, -0.2) is 8.78 Å². The van der Waals surface area contributed by atoms with Crippen LogP contribution in [0.5, 0.6) is 0 Å². The number of hydrogen-bond donors (Lipinski definition) is 4. The second kappa shape index (κ2) is 9.87. The summed E-state index contributed by atoms with van der Waals surface area (Å²) in [5.41, 5.74) is 9.39. The lowest BCUT2D eigenvalue weighted by Gasteiger charge is -2.25. The van der Waals surface area contributed by atoms with E-state index in [1.807, 2.05) is 24.3 Å². The van der Waals surface area contributed by atoms with Crippen molar-refractivity contribution in [3.8, 4) is 0 Å². The molecule has 41 heavy (non-hydrogen) atoms. The summed E-state index contributed by atoms with van der Waals surface area (Å²) in [5, 5.41) is 9.70. The summed E-state index contributed by atoms with van der Waals surface area (Å²) < 4.78 is 27.3. The van der Waals surface area contributed by atoms with Crippen LogP contribution in [0.1, 0.15) is 45.7 Å². The van der Waals surface area contributed by atoms with E-state index in [0.29, 0.717) is 0 Å². The second-order valence-electron chi connectivity index (χ2n) is 10.9. The van der Waals surface area contributed by atoms with E-state index in [-0.39, 0.29) is 23.7 Å². The number of hydrogen-bond acceptors (Lipinski definition) is 3. The van der Waals surface area contributed by atoms with E-state index in [2.05, 4.69) is 57.0 Å². The molecule has 0 aliphatic carbocycles. The molecule has 0 spiro atoms. The molecule has 0 amide bonds. The Morgan fingerprint density at radius 3 is 1.44 bits per heavy atom. The van der Waals surface area contributed by atoms with Gasteiger partial charge in [0, 0.05) is 69.0 Å². The Labute approximate surface area is 240 Å². The van der Waals surface area contributed by atoms with Crippen LogP contribution in [0, 0.1) is 11.6 Å². The molecule has 2 atom stereocenters. The molecule has 2 aliphatic rings. The lowest BCUT2D eigenvalue weighted by molar-refractivity contribution is 0.564. The predicted molar refractivity (Wildman–Crippen MR) is 161 cm³/mol. The van der Waals surface area contributed by atoms with Crippen molar-refractivity contribution in [2.45, 2.75) is 34.7 Å². The average Bonchev–Trinajstić information content (AvgIpc) is 3.58. The van der Waals surface area contributed by atoms with Gasteiger partial charge in [-0.15, -0.1) is 0 Å². The average molecular weight is 563 g/mol. The van der Waals surface area contributed by atoms with Gasteiger partial charge in [0.05, 0.1) is 23.1 Å². The molecule has 0 fully saturated rings. The first-order valence-corrected chi connectivity index (χ1v) is 14.9. The summed E-state index contributed by atoms with van der Waals surface area (Å²) in [4.78, 5) is 9.86. The molecule has 8 rings (SSSR count). The van der Waals surface area contributed by atoms with E-state index >= 15 is 0 Å². The maximum absolute atomic E-state index is 13.7. The molecular formula is C34H28F2N4S. The molecular weight excluding hydrogens is 534 g/mol. The summed E-state index contributed by atoms with van der Waals surface area (Å²) >= 11 is 1.77. The Bertz CT molecular complexity index is 1770. The molecule has 4 nitrogen and oxygen atoms in total. The molecule has 4 aromatic carbocycles. The minimum atomic E-state index is -0.220. The van der Waals surface area contributed by atoms with E-state index in [0.717, 1.165) is 48.1 Å². The van der Waals surface area contributed by atoms with E-state index in [9.17, 15) is 8.78 Å². The van der Waals surface area contributed by atoms with Crippen LogP contribution in [0.4, 0.5) is 8.78 Å². The Balaban J connectivity index is 1.20. The third-order valence-corrected chi connectivity index (χ3v) is 9.61. The van der Waals surface area contributed by atoms with E-state index in [4.69, 9.17) is 0 Å². The number of rotatable bonds is 4. The van der Waals surface area contributed by atoms with Crippen LogP contribution >= 0.6 is 11.8 Å². The van der Waals surface area contributed by atoms with Crippen LogP contribution in [-0.4, -0.2) is 23.1 Å². The zero-order valence-corrected chi connectivity index (χ0v) is 23.0. The molecule has 204 valence electrons. The van der Waals surface area contributed by atoms with Gasteiger partial charge >= 0.3 is 0 Å². The quantitative estimate of drug-likeness (QED) is 0.180. The van der Waals surface area contributed by atoms with Crippen molar-refractivity contribution < 1.29 is 8.78 Å². The Morgan fingerprint density at radius 1 is 0.561 bits per heavy atom. The number of halogens is 2. The normalized spacial score (nSPS) is 18.5. The molecule has 0 saturated carbocycles. The summed E-state index contributed by atoms with van der Waals surface area (Å²) in [6, 6.07) is 26.7. The van der Waals surface area contributed by atoms with Gasteiger partial charge in [0.2, 0.25) is 0 Å². The molecule has 7 heteroatoms. The molecule has 0 bridgehead atoms. The highest BCUT2D eigenvalue weighted by molar-refractivity contribution is 7.99. The number of benzene rings is 4. The number of nitrogens with one attached hydrogen (secondary N) is 4. The Hall–Kier alpha value is -3.91. The van der Waals surface area contributed by atoms with Gasteiger partial charge in [0.1, 0.15) is 11.6 Å². The highest BCUT2D eigenvalue weighted by atomic mass is 32.2. The van der Waals surface area contributed by atoms with Gasteiger partial charge < -0.3 is 20.6 Å². The van der Waals surface area contributed by atoms with Gasteiger partial charge in [-0.2, -0.15) is 0 Å². The van der Waals surface area contributed by atoms with Crippen molar-refractivity contribution in [3.63, 3.8) is 0 Å². The predicted octanol–water partition coefficient (Wildman–Crippen LogP) is 7.55. The lowest BCUT2D eigenvalue weighted by Crippen LogP contribution is -2.30. The number of aromatic amines is 2. The van der Waals surface area contributed by atoms with Crippen LogP contribution in [-0.2, 0) is 12.8 Å². The molecule has 2 aromatic heterocycles. The van der Waals surface area contributed by atoms with Gasteiger partial charge in [-0.3, -0.25) is 0 Å². The van der Waals surface area contributed by atoms with E-state index in [1.54, 1.807) is 11.8 Å². The molecule has 6 aromatic rings. The van der Waals surface area contributed by atoms with Crippen LogP contribution in [0.3, 0.4) is 0 Å². The number of H-pyrrole nitrogens is 2. The summed E-state index contributed by atoms with van der Waals surface area (Å²) in [7, 11) is 0. The lowest BCUT2D eigenvalue weighted by atomic mass is 9.92. The first-order valence-electron chi connectivity index (χ1n) is 14.1. The second-order valence-corrected chi connectivity index (χ2v) is 12.0. The minimum absolute atomic E-state index is 0.0165. The number of fused-ring (bicyclic) bond motifs is 6. The molecule has 0 radical (unpaired) electrons. The maximum atomic E-state index is 13.7. The fourth-order valence-corrected chi connectivity index (χ4v) is 7.70. The van der Waals surface area contributed by atoms with E-state index < -0.39 is 0 Å². The molecule has 2 unspecified atom stereocenters. The third-order valence-electron chi connectivity index (χ3n) is 8.49. The Kier molecular flexibility index (Phi) is 5.98. The fourth-order valence-electron chi connectivity index (χ4n) is 6.64. The van der Waals surface area contributed by atoms with Crippen molar-refractivity contribution in [3.05, 3.63) is 130 Å². The SMILES string of the molecule is Fc1ccc(C2NCCc3[nH]c4c(Sc5cccc6c7c([nH]c56)CCNC7c5ccc(F)cc5)cccc4c32)cc1. The third kappa shape index (κ3) is 4.19. The van der Waals surface area contributed by atoms with Gasteiger partial charge in [-0.1, -0.05) is 60.3 Å². The highest BCUT2D eigenvalue weighted by Crippen LogP contribution is 2.43. The summed E-state index contributed by atoms with van der Waals surface area (Å²) in [6.07, 6.45) is 1.84. The highest BCUT2D eigenvalue weighted by Gasteiger charge is 2.28. The smallest absolute Gasteiger partial charge is 0.123 e. The Morgan fingerprint density at radius 2 is 1.00 bits per heavy atom. The van der Waals surface area contributed by atoms with Gasteiger partial charge in [-0.05, 0) is 47.5 Å². The largest absolute Gasteiger partial charge is 0.357 e. The van der Waals surface area contributed by atoms with Crippen molar-refractivity contribution in [1.29, 1.82) is 0 Å². The maximum Gasteiger partial charge on any atom is 0.123 e. The monoisotopic (exact) mass is 562 g/mol. The van der Waals surface area contributed by atoms with Gasteiger partial charge in [0.25, 0.3) is 0 Å². The molecule has 2 aliphatic heterocycles. The topological polar surface area (TPSA) is 55.6 Å². The van der Waals surface area contributed by atoms with Crippen LogP contribution in [0.2, 0.25) is 0 Å². The van der Waals surface area contributed by atoms with Crippen LogP contribution in [0.25, 0.3) is 21.8 Å².